The minimum Gasteiger partial charge on any atom is -0.479 e. The van der Waals surface area contributed by atoms with Gasteiger partial charge in [-0.05, 0) is 30.7 Å². The van der Waals surface area contributed by atoms with Crippen LogP contribution in [0, 0.1) is 11.3 Å². The molecule has 0 saturated carbocycles. The predicted molar refractivity (Wildman–Crippen MR) is 81.2 cm³/mol. The van der Waals surface area contributed by atoms with Gasteiger partial charge >= 0.3 is 5.97 Å². The maximum Gasteiger partial charge on any atom is 0.333 e. The van der Waals surface area contributed by atoms with Crippen LogP contribution in [0.3, 0.4) is 0 Å². The molecule has 2 N–H and O–H groups in total. The summed E-state index contributed by atoms with van der Waals surface area (Å²) in [6, 6.07) is 15.5. The molecule has 0 spiro atoms. The fraction of sp³-hybridized carbons (Fsp3) is 0.125. The molecule has 0 radical (unpaired) electrons. The van der Waals surface area contributed by atoms with E-state index in [1.54, 1.807) is 49.4 Å². The van der Waals surface area contributed by atoms with E-state index in [0.717, 1.165) is 0 Å². The Hall–Kier alpha value is -2.51. The molecule has 21 heavy (non-hydrogen) atoms. The summed E-state index contributed by atoms with van der Waals surface area (Å²) in [6.45, 7) is 1.55. The van der Waals surface area contributed by atoms with Crippen LogP contribution >= 0.6 is 11.6 Å². The van der Waals surface area contributed by atoms with Crippen molar-refractivity contribution in [2.24, 2.45) is 0 Å². The van der Waals surface area contributed by atoms with Crippen molar-refractivity contribution in [3.05, 3.63) is 64.7 Å². The fourth-order valence-corrected chi connectivity index (χ4v) is 2.18. The van der Waals surface area contributed by atoms with Crippen LogP contribution in [0.1, 0.15) is 18.1 Å². The highest BCUT2D eigenvalue weighted by molar-refractivity contribution is 6.30. The normalized spacial score (nSPS) is 13.0. The van der Waals surface area contributed by atoms with E-state index in [2.05, 4.69) is 5.32 Å². The quantitative estimate of drug-likeness (QED) is 0.904. The molecular weight excluding hydrogens is 288 g/mol. The number of rotatable bonds is 4. The van der Waals surface area contributed by atoms with Crippen LogP contribution in [-0.4, -0.2) is 11.1 Å². The highest BCUT2D eigenvalue weighted by atomic mass is 35.5. The Morgan fingerprint density at radius 1 is 1.29 bits per heavy atom. The molecule has 2 rings (SSSR count). The van der Waals surface area contributed by atoms with Crippen LogP contribution in [0.4, 0.5) is 5.69 Å². The van der Waals surface area contributed by atoms with Gasteiger partial charge in [0.2, 0.25) is 0 Å². The number of nitrogens with one attached hydrogen (secondary N) is 1. The third kappa shape index (κ3) is 2.99. The number of benzene rings is 2. The van der Waals surface area contributed by atoms with Gasteiger partial charge in [-0.1, -0.05) is 41.9 Å². The Balaban J connectivity index is 2.50. The van der Waals surface area contributed by atoms with Crippen molar-refractivity contribution in [3.63, 3.8) is 0 Å². The molecule has 5 heteroatoms. The first kappa shape index (κ1) is 14.9. The van der Waals surface area contributed by atoms with Gasteiger partial charge in [0.15, 0.2) is 5.54 Å². The van der Waals surface area contributed by atoms with Gasteiger partial charge in [0.1, 0.15) is 6.07 Å². The van der Waals surface area contributed by atoms with E-state index in [0.29, 0.717) is 21.8 Å². The molecule has 0 fully saturated rings. The lowest BCUT2D eigenvalue weighted by Gasteiger charge is -2.28. The molecule has 0 aliphatic heterocycles. The largest absolute Gasteiger partial charge is 0.479 e. The SMILES string of the molecule is CC(Nc1cc(Cl)ccc1C#N)(C(=O)O)c1ccccc1. The average molecular weight is 301 g/mol. The molecule has 0 aromatic heterocycles. The summed E-state index contributed by atoms with van der Waals surface area (Å²) in [5.74, 6) is -1.04. The van der Waals surface area contributed by atoms with Crippen LogP contribution in [0.2, 0.25) is 5.02 Å². The second-order valence-corrected chi connectivity index (χ2v) is 5.16. The van der Waals surface area contributed by atoms with Gasteiger partial charge in [0.05, 0.1) is 11.3 Å². The van der Waals surface area contributed by atoms with Gasteiger partial charge < -0.3 is 10.4 Å². The zero-order valence-electron chi connectivity index (χ0n) is 11.3. The lowest BCUT2D eigenvalue weighted by Crippen LogP contribution is -2.40. The summed E-state index contributed by atoms with van der Waals surface area (Å²) in [6.07, 6.45) is 0. The lowest BCUT2D eigenvalue weighted by atomic mass is 9.91. The van der Waals surface area contributed by atoms with E-state index in [9.17, 15) is 9.90 Å². The average Bonchev–Trinajstić information content (AvgIpc) is 2.48. The zero-order chi connectivity index (χ0) is 15.5. The monoisotopic (exact) mass is 300 g/mol. The van der Waals surface area contributed by atoms with Gasteiger partial charge in [-0.25, -0.2) is 4.79 Å². The van der Waals surface area contributed by atoms with Gasteiger partial charge in [0.25, 0.3) is 0 Å². The Kier molecular flexibility index (Phi) is 4.15. The second kappa shape index (κ2) is 5.86. The number of halogens is 1. The van der Waals surface area contributed by atoms with Gasteiger partial charge in [0, 0.05) is 5.02 Å². The predicted octanol–water partition coefficient (Wildman–Crippen LogP) is 3.62. The maximum absolute atomic E-state index is 11.7. The molecule has 106 valence electrons. The molecule has 0 heterocycles. The number of hydrogen-bond acceptors (Lipinski definition) is 3. The first-order valence-electron chi connectivity index (χ1n) is 6.24. The Morgan fingerprint density at radius 3 is 2.52 bits per heavy atom. The van der Waals surface area contributed by atoms with Gasteiger partial charge in [-0.3, -0.25) is 0 Å². The minimum atomic E-state index is -1.36. The molecule has 4 nitrogen and oxygen atoms in total. The van der Waals surface area contributed by atoms with Gasteiger partial charge in [-0.15, -0.1) is 0 Å². The van der Waals surface area contributed by atoms with Crippen LogP contribution in [-0.2, 0) is 10.3 Å². The van der Waals surface area contributed by atoms with Crippen LogP contribution in [0.25, 0.3) is 0 Å². The van der Waals surface area contributed by atoms with Crippen LogP contribution < -0.4 is 5.32 Å². The van der Waals surface area contributed by atoms with Crippen molar-refractivity contribution in [3.8, 4) is 6.07 Å². The molecule has 2 aromatic carbocycles. The third-order valence-electron chi connectivity index (χ3n) is 3.27. The number of aliphatic carboxylic acids is 1. The van der Waals surface area contributed by atoms with Crippen LogP contribution in [0.15, 0.2) is 48.5 Å². The van der Waals surface area contributed by atoms with Crippen molar-refractivity contribution >= 4 is 23.3 Å². The number of carbonyl (C=O) groups is 1. The Bertz CT molecular complexity index is 710. The highest BCUT2D eigenvalue weighted by Crippen LogP contribution is 2.30. The highest BCUT2D eigenvalue weighted by Gasteiger charge is 2.35. The maximum atomic E-state index is 11.7. The van der Waals surface area contributed by atoms with Crippen molar-refractivity contribution in [1.82, 2.24) is 0 Å². The standard InChI is InChI=1S/C16H13ClN2O2/c1-16(15(20)21,12-5-3-2-4-6-12)19-14-9-13(17)8-7-11(14)10-18/h2-9,19H,1H3,(H,20,21). The molecular formula is C16H13ClN2O2. The summed E-state index contributed by atoms with van der Waals surface area (Å²) >= 11 is 5.93. The van der Waals surface area contributed by atoms with E-state index >= 15 is 0 Å². The number of carboxylic acid groups (broad SMARTS) is 1. The number of carboxylic acids is 1. The summed E-state index contributed by atoms with van der Waals surface area (Å²) in [4.78, 5) is 11.7. The smallest absolute Gasteiger partial charge is 0.333 e. The minimum absolute atomic E-state index is 0.336. The zero-order valence-corrected chi connectivity index (χ0v) is 12.1. The van der Waals surface area contributed by atoms with E-state index in [4.69, 9.17) is 16.9 Å². The first-order valence-corrected chi connectivity index (χ1v) is 6.62. The Labute approximate surface area is 127 Å². The first-order chi connectivity index (χ1) is 9.97. The molecule has 0 aliphatic rings. The fourth-order valence-electron chi connectivity index (χ4n) is 2.01. The second-order valence-electron chi connectivity index (χ2n) is 4.72. The lowest BCUT2D eigenvalue weighted by molar-refractivity contribution is -0.142. The van der Waals surface area contributed by atoms with Crippen LogP contribution in [0.5, 0.6) is 0 Å². The van der Waals surface area contributed by atoms with E-state index in [1.165, 1.54) is 0 Å². The molecule has 0 amide bonds. The van der Waals surface area contributed by atoms with E-state index in [1.807, 2.05) is 12.1 Å². The number of nitriles is 1. The molecule has 0 bridgehead atoms. The molecule has 0 saturated heterocycles. The topological polar surface area (TPSA) is 73.1 Å². The van der Waals surface area contributed by atoms with E-state index < -0.39 is 11.5 Å². The van der Waals surface area contributed by atoms with Gasteiger partial charge in [-0.2, -0.15) is 5.26 Å². The summed E-state index contributed by atoms with van der Waals surface area (Å²) < 4.78 is 0. The number of hydrogen-bond donors (Lipinski definition) is 2. The van der Waals surface area contributed by atoms with Crippen molar-refractivity contribution in [2.45, 2.75) is 12.5 Å². The number of nitrogens with zero attached hydrogens (tertiary/aromatic N) is 1. The summed E-state index contributed by atoms with van der Waals surface area (Å²) in [7, 11) is 0. The molecule has 2 aromatic rings. The summed E-state index contributed by atoms with van der Waals surface area (Å²) in [5, 5.41) is 22.1. The molecule has 1 atom stereocenters. The summed E-state index contributed by atoms with van der Waals surface area (Å²) in [5.41, 5.74) is -0.0553. The third-order valence-corrected chi connectivity index (χ3v) is 3.50. The Morgan fingerprint density at radius 2 is 1.95 bits per heavy atom. The molecule has 0 aliphatic carbocycles. The van der Waals surface area contributed by atoms with E-state index in [-0.39, 0.29) is 0 Å². The number of anilines is 1. The molecule has 1 unspecified atom stereocenters. The van der Waals surface area contributed by atoms with Crippen molar-refractivity contribution in [2.75, 3.05) is 5.32 Å². The van der Waals surface area contributed by atoms with Crippen molar-refractivity contribution in [1.29, 1.82) is 5.26 Å². The van der Waals surface area contributed by atoms with Crippen molar-refractivity contribution < 1.29 is 9.90 Å².